The first-order valence-electron chi connectivity index (χ1n) is 6.27. The maximum Gasteiger partial charge on any atom is 0.312 e. The summed E-state index contributed by atoms with van der Waals surface area (Å²) in [4.78, 5) is 14.6. The Morgan fingerprint density at radius 2 is 2.19 bits per heavy atom. The molecule has 0 radical (unpaired) electrons. The first-order valence-corrected chi connectivity index (χ1v) is 7.06. The predicted molar refractivity (Wildman–Crippen MR) is 80.4 cm³/mol. The molecule has 0 unspecified atom stereocenters. The van der Waals surface area contributed by atoms with Crippen LogP contribution in [-0.4, -0.2) is 15.0 Å². The first-order chi connectivity index (χ1) is 10.0. The predicted octanol–water partition coefficient (Wildman–Crippen LogP) is 3.99. The lowest BCUT2D eigenvalue weighted by Gasteiger charge is -2.09. The van der Waals surface area contributed by atoms with Crippen LogP contribution in [0.15, 0.2) is 41.0 Å². The summed E-state index contributed by atoms with van der Waals surface area (Å²) in [5, 5.41) is 20.7. The zero-order valence-electron chi connectivity index (χ0n) is 11.2. The van der Waals surface area contributed by atoms with Crippen molar-refractivity contribution in [3.05, 3.63) is 56.8 Å². The van der Waals surface area contributed by atoms with Crippen molar-refractivity contribution >= 4 is 21.6 Å². The van der Waals surface area contributed by atoms with Crippen molar-refractivity contribution in [1.82, 2.24) is 4.98 Å². The number of pyridine rings is 1. The number of aliphatic hydroxyl groups is 1. The number of ether oxygens (including phenoxy) is 1. The Kier molecular flexibility index (Phi) is 4.87. The third-order valence-corrected chi connectivity index (χ3v) is 3.33. The minimum Gasteiger partial charge on any atom is -0.449 e. The zero-order chi connectivity index (χ0) is 15.4. The van der Waals surface area contributed by atoms with Crippen LogP contribution in [-0.2, 0) is 0 Å². The van der Waals surface area contributed by atoms with E-state index in [9.17, 15) is 15.2 Å². The molecule has 0 spiro atoms. The molecule has 2 rings (SSSR count). The molecule has 7 heteroatoms. The molecule has 0 saturated carbocycles. The van der Waals surface area contributed by atoms with Crippen LogP contribution in [0.3, 0.4) is 0 Å². The average molecular weight is 353 g/mol. The number of hydrogen-bond donors (Lipinski definition) is 1. The Hall–Kier alpha value is -1.99. The van der Waals surface area contributed by atoms with Gasteiger partial charge >= 0.3 is 5.69 Å². The molecule has 1 aromatic carbocycles. The van der Waals surface area contributed by atoms with Gasteiger partial charge in [0.15, 0.2) is 0 Å². The number of nitro groups is 1. The number of hydrogen-bond acceptors (Lipinski definition) is 5. The average Bonchev–Trinajstić information content (AvgIpc) is 2.49. The van der Waals surface area contributed by atoms with E-state index in [4.69, 9.17) is 4.74 Å². The van der Waals surface area contributed by atoms with Crippen LogP contribution in [0.1, 0.15) is 25.1 Å². The molecule has 0 aliphatic rings. The van der Waals surface area contributed by atoms with E-state index in [1.165, 1.54) is 18.3 Å². The normalized spacial score (nSPS) is 12.0. The van der Waals surface area contributed by atoms with Gasteiger partial charge < -0.3 is 9.84 Å². The topological polar surface area (TPSA) is 85.5 Å². The van der Waals surface area contributed by atoms with Crippen molar-refractivity contribution in [2.45, 2.75) is 19.4 Å². The van der Waals surface area contributed by atoms with Gasteiger partial charge in [-0.3, -0.25) is 15.1 Å². The molecule has 110 valence electrons. The SMILES string of the molecule is CC[C@H](O)c1ccc(Oc2ccc(Br)cc2[N+](=O)[O-])cn1. The zero-order valence-corrected chi connectivity index (χ0v) is 12.8. The standard InChI is InChI=1S/C14H13BrN2O4/c1-2-13(18)11-5-4-10(8-16-11)21-14-6-3-9(15)7-12(14)17(19)20/h3-8,13,18H,2H2,1H3/t13-/m0/s1. The van der Waals surface area contributed by atoms with Gasteiger partial charge in [-0.05, 0) is 30.7 Å². The van der Waals surface area contributed by atoms with Crippen molar-refractivity contribution in [2.24, 2.45) is 0 Å². The maximum atomic E-state index is 11.0. The third kappa shape index (κ3) is 3.77. The number of rotatable bonds is 5. The molecule has 1 aromatic heterocycles. The second kappa shape index (κ2) is 6.64. The summed E-state index contributed by atoms with van der Waals surface area (Å²) in [5.74, 6) is 0.501. The minimum atomic E-state index is -0.624. The monoisotopic (exact) mass is 352 g/mol. The van der Waals surface area contributed by atoms with Gasteiger partial charge in [0.1, 0.15) is 5.75 Å². The molecule has 0 fully saturated rings. The highest BCUT2D eigenvalue weighted by Crippen LogP contribution is 2.33. The van der Waals surface area contributed by atoms with E-state index in [1.54, 1.807) is 18.2 Å². The molecular weight excluding hydrogens is 340 g/mol. The third-order valence-electron chi connectivity index (χ3n) is 2.83. The number of aliphatic hydroxyl groups excluding tert-OH is 1. The molecular formula is C14H13BrN2O4. The van der Waals surface area contributed by atoms with E-state index >= 15 is 0 Å². The van der Waals surface area contributed by atoms with Crippen molar-refractivity contribution in [2.75, 3.05) is 0 Å². The fourth-order valence-corrected chi connectivity index (χ4v) is 2.05. The van der Waals surface area contributed by atoms with Crippen LogP contribution in [0.5, 0.6) is 11.5 Å². The molecule has 0 amide bonds. The smallest absolute Gasteiger partial charge is 0.312 e. The fourth-order valence-electron chi connectivity index (χ4n) is 1.70. The molecule has 0 aliphatic carbocycles. The summed E-state index contributed by atoms with van der Waals surface area (Å²) in [5.41, 5.74) is 0.400. The second-order valence-electron chi connectivity index (χ2n) is 4.31. The molecule has 1 N–H and O–H groups in total. The summed E-state index contributed by atoms with van der Waals surface area (Å²) in [6.45, 7) is 1.85. The highest BCUT2D eigenvalue weighted by atomic mass is 79.9. The maximum absolute atomic E-state index is 11.0. The Labute approximate surface area is 129 Å². The number of aromatic nitrogens is 1. The van der Waals surface area contributed by atoms with E-state index in [0.29, 0.717) is 22.3 Å². The van der Waals surface area contributed by atoms with Crippen molar-refractivity contribution in [3.8, 4) is 11.5 Å². The largest absolute Gasteiger partial charge is 0.449 e. The minimum absolute atomic E-state index is 0.133. The Bertz CT molecular complexity index is 646. The van der Waals surface area contributed by atoms with E-state index < -0.39 is 11.0 Å². The van der Waals surface area contributed by atoms with Crippen molar-refractivity contribution in [1.29, 1.82) is 0 Å². The molecule has 0 bridgehead atoms. The van der Waals surface area contributed by atoms with Crippen LogP contribution < -0.4 is 4.74 Å². The highest BCUT2D eigenvalue weighted by molar-refractivity contribution is 9.10. The highest BCUT2D eigenvalue weighted by Gasteiger charge is 2.16. The lowest BCUT2D eigenvalue weighted by Crippen LogP contribution is -1.99. The number of benzene rings is 1. The van der Waals surface area contributed by atoms with Crippen LogP contribution in [0.2, 0.25) is 0 Å². The lowest BCUT2D eigenvalue weighted by molar-refractivity contribution is -0.385. The number of nitro benzene ring substituents is 1. The van der Waals surface area contributed by atoms with Gasteiger partial charge in [0.2, 0.25) is 5.75 Å². The number of nitrogens with zero attached hydrogens (tertiary/aromatic N) is 2. The van der Waals surface area contributed by atoms with Crippen LogP contribution in [0, 0.1) is 10.1 Å². The summed E-state index contributed by atoms with van der Waals surface area (Å²) >= 11 is 3.18. The Morgan fingerprint density at radius 1 is 1.43 bits per heavy atom. The Balaban J connectivity index is 2.24. The van der Waals surface area contributed by atoms with Gasteiger partial charge in [0.25, 0.3) is 0 Å². The summed E-state index contributed by atoms with van der Waals surface area (Å²) in [7, 11) is 0. The van der Waals surface area contributed by atoms with E-state index in [-0.39, 0.29) is 11.4 Å². The quantitative estimate of drug-likeness (QED) is 0.649. The van der Waals surface area contributed by atoms with Crippen LogP contribution in [0.4, 0.5) is 5.69 Å². The van der Waals surface area contributed by atoms with E-state index in [0.717, 1.165) is 0 Å². The molecule has 6 nitrogen and oxygen atoms in total. The van der Waals surface area contributed by atoms with E-state index in [2.05, 4.69) is 20.9 Å². The van der Waals surface area contributed by atoms with Gasteiger partial charge in [-0.25, -0.2) is 0 Å². The van der Waals surface area contributed by atoms with Gasteiger partial charge in [0.05, 0.1) is 22.9 Å². The van der Waals surface area contributed by atoms with Gasteiger partial charge in [-0.2, -0.15) is 0 Å². The van der Waals surface area contributed by atoms with Crippen molar-refractivity contribution in [3.63, 3.8) is 0 Å². The second-order valence-corrected chi connectivity index (χ2v) is 5.23. The van der Waals surface area contributed by atoms with Gasteiger partial charge in [-0.1, -0.05) is 22.9 Å². The van der Waals surface area contributed by atoms with Crippen LogP contribution in [0.25, 0.3) is 0 Å². The van der Waals surface area contributed by atoms with E-state index in [1.807, 2.05) is 6.92 Å². The van der Waals surface area contributed by atoms with Gasteiger partial charge in [0, 0.05) is 10.5 Å². The molecule has 0 aliphatic heterocycles. The molecule has 0 saturated heterocycles. The molecule has 21 heavy (non-hydrogen) atoms. The summed E-state index contributed by atoms with van der Waals surface area (Å²) in [6, 6.07) is 7.79. The molecule has 1 atom stereocenters. The van der Waals surface area contributed by atoms with Crippen molar-refractivity contribution < 1.29 is 14.8 Å². The number of halogens is 1. The molecule has 2 aromatic rings. The Morgan fingerprint density at radius 3 is 2.76 bits per heavy atom. The van der Waals surface area contributed by atoms with Crippen LogP contribution >= 0.6 is 15.9 Å². The first kappa shape index (κ1) is 15.4. The summed E-state index contributed by atoms with van der Waals surface area (Å²) in [6.07, 6.45) is 1.37. The van der Waals surface area contributed by atoms with Gasteiger partial charge in [-0.15, -0.1) is 0 Å². The molecule has 1 heterocycles. The lowest BCUT2D eigenvalue weighted by atomic mass is 10.2. The summed E-state index contributed by atoms with van der Waals surface area (Å²) < 4.78 is 6.09. The fraction of sp³-hybridized carbons (Fsp3) is 0.214.